The van der Waals surface area contributed by atoms with Gasteiger partial charge in [-0.15, -0.1) is 11.3 Å². The molecule has 1 saturated heterocycles. The Morgan fingerprint density at radius 3 is 2.59 bits per heavy atom. The van der Waals surface area contributed by atoms with Gasteiger partial charge in [-0.1, -0.05) is 48.5 Å². The Labute approximate surface area is 190 Å². The van der Waals surface area contributed by atoms with E-state index in [-0.39, 0.29) is 24.4 Å². The summed E-state index contributed by atoms with van der Waals surface area (Å²) in [4.78, 5) is 42.1. The molecule has 1 aliphatic heterocycles. The Kier molecular flexibility index (Phi) is 5.43. The van der Waals surface area contributed by atoms with Crippen molar-refractivity contribution in [3.05, 3.63) is 71.1 Å². The van der Waals surface area contributed by atoms with E-state index in [1.54, 1.807) is 11.3 Å². The molecule has 3 aromatic rings. The molecule has 4 amide bonds. The van der Waals surface area contributed by atoms with Gasteiger partial charge >= 0.3 is 6.03 Å². The number of nitrogens with one attached hydrogen (secondary N) is 1. The summed E-state index contributed by atoms with van der Waals surface area (Å²) < 4.78 is 1.06. The van der Waals surface area contributed by atoms with E-state index in [0.29, 0.717) is 12.5 Å². The van der Waals surface area contributed by atoms with Gasteiger partial charge in [0.25, 0.3) is 5.91 Å². The molecule has 2 heterocycles. The topological polar surface area (TPSA) is 69.7 Å². The highest BCUT2D eigenvalue weighted by Crippen LogP contribution is 2.36. The molecule has 32 heavy (non-hydrogen) atoms. The molecular formula is C25H25N3O3S. The third kappa shape index (κ3) is 3.88. The van der Waals surface area contributed by atoms with Crippen LogP contribution in [-0.4, -0.2) is 40.2 Å². The molecule has 5 rings (SSSR count). The Balaban J connectivity index is 1.35. The molecule has 0 spiro atoms. The summed E-state index contributed by atoms with van der Waals surface area (Å²) in [6.07, 6.45) is 2.21. The molecule has 1 aliphatic carbocycles. The van der Waals surface area contributed by atoms with Gasteiger partial charge < -0.3 is 10.2 Å². The number of rotatable bonds is 7. The number of carbonyl (C=O) groups excluding carboxylic acids is 3. The fourth-order valence-electron chi connectivity index (χ4n) is 4.40. The number of urea groups is 1. The zero-order valence-corrected chi connectivity index (χ0v) is 18.7. The molecule has 7 heteroatoms. The number of fused-ring (bicyclic) bond motifs is 1. The first-order valence-electron chi connectivity index (χ1n) is 10.9. The second-order valence-corrected chi connectivity index (χ2v) is 9.49. The maximum absolute atomic E-state index is 13.3. The summed E-state index contributed by atoms with van der Waals surface area (Å²) in [5.41, 5.74) is 1.82. The molecule has 2 fully saturated rings. The van der Waals surface area contributed by atoms with Crippen LogP contribution in [-0.2, 0) is 16.1 Å². The van der Waals surface area contributed by atoms with Crippen LogP contribution in [0.4, 0.5) is 4.79 Å². The lowest BCUT2D eigenvalue weighted by atomic mass is 10.1. The van der Waals surface area contributed by atoms with Crippen LogP contribution in [0.3, 0.4) is 0 Å². The molecule has 2 aromatic carbocycles. The molecule has 0 bridgehead atoms. The van der Waals surface area contributed by atoms with Crippen LogP contribution in [0.15, 0.2) is 60.0 Å². The van der Waals surface area contributed by atoms with Crippen LogP contribution in [0.5, 0.6) is 0 Å². The van der Waals surface area contributed by atoms with E-state index in [1.165, 1.54) is 0 Å². The Morgan fingerprint density at radius 2 is 1.84 bits per heavy atom. The largest absolute Gasteiger partial charge is 0.334 e. The van der Waals surface area contributed by atoms with E-state index in [4.69, 9.17) is 0 Å². The first kappa shape index (κ1) is 20.7. The minimum Gasteiger partial charge on any atom is -0.334 e. The normalized spacial score (nSPS) is 19.3. The van der Waals surface area contributed by atoms with Gasteiger partial charge in [0, 0.05) is 22.8 Å². The molecule has 2 unspecified atom stereocenters. The molecule has 1 saturated carbocycles. The molecule has 2 atom stereocenters. The van der Waals surface area contributed by atoms with Gasteiger partial charge in [0.05, 0.1) is 0 Å². The highest BCUT2D eigenvalue weighted by atomic mass is 32.1. The van der Waals surface area contributed by atoms with Gasteiger partial charge in [-0.3, -0.25) is 14.5 Å². The summed E-state index contributed by atoms with van der Waals surface area (Å²) in [6.45, 7) is 2.29. The number of hydrogen-bond acceptors (Lipinski definition) is 4. The first-order chi connectivity index (χ1) is 15.5. The lowest BCUT2D eigenvalue weighted by Crippen LogP contribution is -2.46. The van der Waals surface area contributed by atoms with Crippen LogP contribution >= 0.6 is 11.3 Å². The smallest absolute Gasteiger partial charge is 0.325 e. The van der Waals surface area contributed by atoms with E-state index >= 15 is 0 Å². The predicted octanol–water partition coefficient (Wildman–Crippen LogP) is 4.32. The summed E-state index contributed by atoms with van der Waals surface area (Å²) in [6, 6.07) is 16.4. The molecular weight excluding hydrogens is 422 g/mol. The fourth-order valence-corrected chi connectivity index (χ4v) is 5.39. The third-order valence-electron chi connectivity index (χ3n) is 6.45. The fraction of sp³-hybridized carbons (Fsp3) is 0.320. The van der Waals surface area contributed by atoms with Crippen LogP contribution in [0.25, 0.3) is 10.1 Å². The van der Waals surface area contributed by atoms with Crippen molar-refractivity contribution < 1.29 is 14.4 Å². The molecule has 0 radical (unpaired) electrons. The number of nitrogens with zero attached hydrogens (tertiary/aromatic N) is 2. The van der Waals surface area contributed by atoms with Crippen molar-refractivity contribution in [2.45, 2.75) is 38.4 Å². The standard InChI is InChI=1S/C25H25N3O3S/c1-16(18-11-12-18)27(13-17-7-3-2-4-8-17)22(29)14-28-24(30)23(26-25(28)31)20-15-32-21-10-6-5-9-19(20)21/h2-10,15-16,18,23H,11-14H2,1H3,(H,26,31). The zero-order chi connectivity index (χ0) is 22.2. The van der Waals surface area contributed by atoms with Gasteiger partial charge in [0.2, 0.25) is 5.91 Å². The van der Waals surface area contributed by atoms with Crippen molar-refractivity contribution >= 4 is 39.3 Å². The van der Waals surface area contributed by atoms with Crippen molar-refractivity contribution in [3.8, 4) is 0 Å². The molecule has 6 nitrogen and oxygen atoms in total. The van der Waals surface area contributed by atoms with Gasteiger partial charge in [0.15, 0.2) is 0 Å². The van der Waals surface area contributed by atoms with Crippen molar-refractivity contribution in [1.29, 1.82) is 0 Å². The summed E-state index contributed by atoms with van der Waals surface area (Å²) in [5.74, 6) is -0.0890. The average molecular weight is 448 g/mol. The van der Waals surface area contributed by atoms with E-state index in [2.05, 4.69) is 12.2 Å². The Hall–Kier alpha value is -3.19. The lowest BCUT2D eigenvalue weighted by molar-refractivity contribution is -0.139. The van der Waals surface area contributed by atoms with Gasteiger partial charge in [-0.25, -0.2) is 4.79 Å². The van der Waals surface area contributed by atoms with Gasteiger partial charge in [-0.05, 0) is 48.1 Å². The quantitative estimate of drug-likeness (QED) is 0.549. The Bertz CT molecular complexity index is 1170. The minimum atomic E-state index is -0.755. The number of thiophene rings is 1. The van der Waals surface area contributed by atoms with E-state index < -0.39 is 12.1 Å². The minimum absolute atomic E-state index is 0.0695. The number of hydrogen-bond donors (Lipinski definition) is 1. The highest BCUT2D eigenvalue weighted by Gasteiger charge is 2.42. The van der Waals surface area contributed by atoms with Crippen LogP contribution in [0, 0.1) is 5.92 Å². The molecule has 1 aromatic heterocycles. The SMILES string of the molecule is CC(C1CC1)N(Cc1ccccc1)C(=O)CN1C(=O)NC(c2csc3ccccc23)C1=O. The third-order valence-corrected chi connectivity index (χ3v) is 7.43. The zero-order valence-electron chi connectivity index (χ0n) is 17.9. The number of carbonyl (C=O) groups is 3. The lowest BCUT2D eigenvalue weighted by Gasteiger charge is -2.30. The Morgan fingerprint density at radius 1 is 1.12 bits per heavy atom. The molecule has 1 N–H and O–H groups in total. The number of benzene rings is 2. The summed E-state index contributed by atoms with van der Waals surface area (Å²) >= 11 is 1.54. The van der Waals surface area contributed by atoms with Gasteiger partial charge in [0.1, 0.15) is 12.6 Å². The maximum atomic E-state index is 13.3. The molecule has 164 valence electrons. The van der Waals surface area contributed by atoms with E-state index in [0.717, 1.165) is 39.0 Å². The molecule has 2 aliphatic rings. The monoisotopic (exact) mass is 447 g/mol. The number of imide groups is 1. The van der Waals surface area contributed by atoms with Crippen LogP contribution in [0.1, 0.15) is 36.9 Å². The van der Waals surface area contributed by atoms with E-state index in [1.807, 2.05) is 64.9 Å². The van der Waals surface area contributed by atoms with Crippen molar-refractivity contribution in [3.63, 3.8) is 0 Å². The predicted molar refractivity (Wildman–Crippen MR) is 124 cm³/mol. The first-order valence-corrected chi connectivity index (χ1v) is 11.8. The van der Waals surface area contributed by atoms with Crippen molar-refractivity contribution in [2.75, 3.05) is 6.54 Å². The van der Waals surface area contributed by atoms with Crippen LogP contribution in [0.2, 0.25) is 0 Å². The average Bonchev–Trinajstić information content (AvgIpc) is 3.52. The summed E-state index contributed by atoms with van der Waals surface area (Å²) in [5, 5.41) is 5.65. The van der Waals surface area contributed by atoms with Crippen molar-refractivity contribution in [2.24, 2.45) is 5.92 Å². The maximum Gasteiger partial charge on any atom is 0.325 e. The van der Waals surface area contributed by atoms with E-state index in [9.17, 15) is 14.4 Å². The number of amides is 4. The van der Waals surface area contributed by atoms with Crippen molar-refractivity contribution in [1.82, 2.24) is 15.1 Å². The van der Waals surface area contributed by atoms with Gasteiger partial charge in [-0.2, -0.15) is 0 Å². The highest BCUT2D eigenvalue weighted by molar-refractivity contribution is 7.17. The summed E-state index contributed by atoms with van der Waals surface area (Å²) in [7, 11) is 0. The second kappa shape index (κ2) is 8.39. The second-order valence-electron chi connectivity index (χ2n) is 8.58. The van der Waals surface area contributed by atoms with Crippen LogP contribution < -0.4 is 5.32 Å².